The van der Waals surface area contributed by atoms with Gasteiger partial charge in [-0.3, -0.25) is 9.69 Å². The molecule has 0 bridgehead atoms. The summed E-state index contributed by atoms with van der Waals surface area (Å²) in [7, 11) is 0. The Labute approximate surface area is 112 Å². The molecule has 0 aromatic carbocycles. The topological polar surface area (TPSA) is 65.7 Å². The predicted molar refractivity (Wildman–Crippen MR) is 66.6 cm³/mol. The van der Waals surface area contributed by atoms with Gasteiger partial charge in [0.05, 0.1) is 25.4 Å². The first-order valence-electron chi connectivity index (χ1n) is 7.06. The molecular weight excluding hydrogens is 248 g/mol. The zero-order valence-electron chi connectivity index (χ0n) is 11.0. The molecule has 2 atom stereocenters. The third kappa shape index (κ3) is 3.45. The van der Waals surface area contributed by atoms with E-state index in [2.05, 4.69) is 0 Å². The van der Waals surface area contributed by atoms with E-state index in [1.165, 1.54) is 4.90 Å². The molecule has 3 rings (SSSR count). The molecule has 0 aromatic heterocycles. The van der Waals surface area contributed by atoms with E-state index in [1.54, 1.807) is 4.90 Å². The van der Waals surface area contributed by atoms with Crippen LogP contribution in [0.5, 0.6) is 0 Å². The van der Waals surface area contributed by atoms with Crippen molar-refractivity contribution in [3.8, 4) is 0 Å². The van der Waals surface area contributed by atoms with Crippen LogP contribution in [-0.2, 0) is 14.3 Å². The van der Waals surface area contributed by atoms with Gasteiger partial charge >= 0.3 is 6.03 Å². The first-order valence-corrected chi connectivity index (χ1v) is 7.06. The zero-order valence-corrected chi connectivity index (χ0v) is 11.0. The Morgan fingerprint density at radius 3 is 2.16 bits per heavy atom. The maximum Gasteiger partial charge on any atom is 0.327 e. The van der Waals surface area contributed by atoms with Crippen LogP contribution in [0, 0.1) is 0 Å². The summed E-state index contributed by atoms with van der Waals surface area (Å²) in [5, 5.41) is 0. The lowest BCUT2D eigenvalue weighted by molar-refractivity contribution is -0.125. The van der Waals surface area contributed by atoms with Crippen molar-refractivity contribution >= 4 is 11.9 Å². The maximum atomic E-state index is 12.1. The van der Waals surface area contributed by atoms with Crippen molar-refractivity contribution in [1.82, 2.24) is 9.80 Å². The molecule has 0 radical (unpaired) electrons. The maximum absolute atomic E-state index is 12.1. The van der Waals surface area contributed by atoms with E-state index in [9.17, 15) is 9.59 Å². The van der Waals surface area contributed by atoms with Gasteiger partial charge in [0.1, 0.15) is 6.54 Å². The molecule has 3 saturated heterocycles. The van der Waals surface area contributed by atoms with E-state index in [0.29, 0.717) is 25.3 Å². The number of nitrogens with zero attached hydrogens (tertiary/aromatic N) is 2. The summed E-state index contributed by atoms with van der Waals surface area (Å²) in [5.74, 6) is -0.0654. The van der Waals surface area contributed by atoms with Gasteiger partial charge in [0.15, 0.2) is 0 Å². The quantitative estimate of drug-likeness (QED) is 0.478. The zero-order chi connectivity index (χ0) is 13.2. The van der Waals surface area contributed by atoms with Crippen LogP contribution >= 0.6 is 0 Å². The van der Waals surface area contributed by atoms with Gasteiger partial charge < -0.3 is 14.4 Å². The Morgan fingerprint density at radius 1 is 1.00 bits per heavy atom. The molecule has 19 heavy (non-hydrogen) atoms. The minimum Gasteiger partial charge on any atom is -0.373 e. The molecule has 3 fully saturated rings. The highest BCUT2D eigenvalue weighted by atomic mass is 16.6. The summed E-state index contributed by atoms with van der Waals surface area (Å²) in [4.78, 5) is 26.9. The third-order valence-corrected chi connectivity index (χ3v) is 3.80. The normalized spacial score (nSPS) is 29.3. The molecule has 3 aliphatic rings. The van der Waals surface area contributed by atoms with Crippen LogP contribution < -0.4 is 0 Å². The summed E-state index contributed by atoms with van der Waals surface area (Å²) in [6.07, 6.45) is 4.43. The van der Waals surface area contributed by atoms with E-state index in [1.807, 2.05) is 0 Å². The van der Waals surface area contributed by atoms with Gasteiger partial charge in [-0.2, -0.15) is 0 Å². The van der Waals surface area contributed by atoms with Crippen LogP contribution in [0.2, 0.25) is 0 Å². The number of carbonyl (C=O) groups excluding carboxylic acids is 2. The Bertz CT molecular complexity index is 366. The van der Waals surface area contributed by atoms with E-state index < -0.39 is 0 Å². The summed E-state index contributed by atoms with van der Waals surface area (Å²) >= 11 is 0. The molecule has 2 unspecified atom stereocenters. The summed E-state index contributed by atoms with van der Waals surface area (Å²) in [6.45, 7) is 3.11. The van der Waals surface area contributed by atoms with Gasteiger partial charge in [-0.05, 0) is 25.7 Å². The largest absolute Gasteiger partial charge is 0.373 e. The average molecular weight is 268 g/mol. The standard InChI is InChI=1S/C13H20N2O4/c16-12-7-14(5-1-3-10-8-18-10)13(17)15(12)6-2-4-11-9-19-11/h10-11H,1-9H2. The highest BCUT2D eigenvalue weighted by molar-refractivity contribution is 6.01. The van der Waals surface area contributed by atoms with Gasteiger partial charge in [-0.15, -0.1) is 0 Å². The molecule has 0 saturated carbocycles. The van der Waals surface area contributed by atoms with Gasteiger partial charge in [0.25, 0.3) is 0 Å². The lowest BCUT2D eigenvalue weighted by atomic mass is 10.2. The number of hydrogen-bond donors (Lipinski definition) is 0. The number of epoxide rings is 2. The molecule has 6 nitrogen and oxygen atoms in total. The van der Waals surface area contributed by atoms with Gasteiger partial charge in [-0.1, -0.05) is 0 Å². The van der Waals surface area contributed by atoms with Crippen LogP contribution in [0.1, 0.15) is 25.7 Å². The Hall–Kier alpha value is -1.14. The number of urea groups is 1. The Morgan fingerprint density at radius 2 is 1.58 bits per heavy atom. The second-order valence-corrected chi connectivity index (χ2v) is 5.44. The lowest BCUT2D eigenvalue weighted by Gasteiger charge is -2.16. The molecule has 0 spiro atoms. The van der Waals surface area contributed by atoms with Gasteiger partial charge in [-0.25, -0.2) is 4.79 Å². The minimum atomic E-state index is -0.126. The predicted octanol–water partition coefficient (Wildman–Crippen LogP) is 0.609. The summed E-state index contributed by atoms with van der Waals surface area (Å²) in [5.41, 5.74) is 0. The number of amides is 3. The first-order chi connectivity index (χ1) is 9.24. The van der Waals surface area contributed by atoms with E-state index in [-0.39, 0.29) is 18.5 Å². The third-order valence-electron chi connectivity index (χ3n) is 3.80. The van der Waals surface area contributed by atoms with Crippen LogP contribution in [0.25, 0.3) is 0 Å². The minimum absolute atomic E-state index is 0.0654. The fourth-order valence-electron chi connectivity index (χ4n) is 2.44. The smallest absolute Gasteiger partial charge is 0.327 e. The second kappa shape index (κ2) is 5.46. The molecule has 0 N–H and O–H groups in total. The average Bonchev–Trinajstić information content (AvgIpc) is 3.25. The van der Waals surface area contributed by atoms with E-state index in [0.717, 1.165) is 38.9 Å². The molecule has 3 amide bonds. The summed E-state index contributed by atoms with van der Waals surface area (Å²) < 4.78 is 10.2. The van der Waals surface area contributed by atoms with Crippen molar-refractivity contribution in [1.29, 1.82) is 0 Å². The van der Waals surface area contributed by atoms with Crippen molar-refractivity contribution in [3.63, 3.8) is 0 Å². The molecule has 106 valence electrons. The van der Waals surface area contributed by atoms with Gasteiger partial charge in [0, 0.05) is 13.1 Å². The van der Waals surface area contributed by atoms with Crippen molar-refractivity contribution in [2.75, 3.05) is 32.8 Å². The van der Waals surface area contributed by atoms with Crippen LogP contribution in [0.3, 0.4) is 0 Å². The highest BCUT2D eigenvalue weighted by Gasteiger charge is 2.35. The molecule has 6 heteroatoms. The number of hydrogen-bond acceptors (Lipinski definition) is 4. The fraction of sp³-hybridized carbons (Fsp3) is 0.846. The Balaban J connectivity index is 1.39. The molecule has 3 aliphatic heterocycles. The monoisotopic (exact) mass is 268 g/mol. The number of imide groups is 1. The molecular formula is C13H20N2O4. The van der Waals surface area contributed by atoms with Crippen LogP contribution in [0.15, 0.2) is 0 Å². The van der Waals surface area contributed by atoms with Crippen LogP contribution in [0.4, 0.5) is 4.79 Å². The lowest BCUT2D eigenvalue weighted by Crippen LogP contribution is -2.34. The fourth-order valence-corrected chi connectivity index (χ4v) is 2.44. The van der Waals surface area contributed by atoms with Crippen molar-refractivity contribution < 1.29 is 19.1 Å². The van der Waals surface area contributed by atoms with Crippen molar-refractivity contribution in [3.05, 3.63) is 0 Å². The molecule has 3 heterocycles. The Kier molecular flexibility index (Phi) is 3.70. The van der Waals surface area contributed by atoms with Crippen molar-refractivity contribution in [2.24, 2.45) is 0 Å². The van der Waals surface area contributed by atoms with Crippen LogP contribution in [-0.4, -0.2) is 66.8 Å². The SMILES string of the molecule is O=C1CN(CCCC2CO2)C(=O)N1CCCC1CO1. The van der Waals surface area contributed by atoms with E-state index in [4.69, 9.17) is 9.47 Å². The number of ether oxygens (including phenoxy) is 2. The first kappa shape index (κ1) is 12.9. The number of carbonyl (C=O) groups is 2. The van der Waals surface area contributed by atoms with Crippen molar-refractivity contribution in [2.45, 2.75) is 37.9 Å². The second-order valence-electron chi connectivity index (χ2n) is 5.44. The highest BCUT2D eigenvalue weighted by Crippen LogP contribution is 2.19. The van der Waals surface area contributed by atoms with Gasteiger partial charge in [0.2, 0.25) is 5.91 Å². The summed E-state index contributed by atoms with van der Waals surface area (Å²) in [6, 6.07) is -0.126. The van der Waals surface area contributed by atoms with E-state index >= 15 is 0 Å². The number of rotatable bonds is 8. The molecule has 0 aromatic rings. The molecule has 0 aliphatic carbocycles.